The molecule has 0 saturated carbocycles. The number of nitrogens with zero attached hydrogens (tertiary/aromatic N) is 1. The second-order valence-electron chi connectivity index (χ2n) is 4.61. The Bertz CT molecular complexity index is 496. The molecule has 1 N–H and O–H groups in total. The van der Waals surface area contributed by atoms with Gasteiger partial charge in [0.25, 0.3) is 5.03 Å². The summed E-state index contributed by atoms with van der Waals surface area (Å²) in [6.45, 7) is 3.81. The minimum absolute atomic E-state index is 0.0208. The minimum Gasteiger partial charge on any atom is -0.618 e. The van der Waals surface area contributed by atoms with Crippen LogP contribution in [0.25, 0.3) is 0 Å². The van der Waals surface area contributed by atoms with Crippen molar-refractivity contribution in [3.63, 3.8) is 0 Å². The van der Waals surface area contributed by atoms with Crippen molar-refractivity contribution in [3.05, 3.63) is 29.6 Å². The number of carbonyl (C=O) groups excluding carboxylic acids is 2. The Morgan fingerprint density at radius 2 is 2.19 bits per heavy atom. The zero-order valence-electron chi connectivity index (χ0n) is 12.4. The van der Waals surface area contributed by atoms with Crippen LogP contribution in [0.1, 0.15) is 20.3 Å². The fraction of sp³-hybridized carbons (Fsp3) is 0.500. The van der Waals surface area contributed by atoms with Gasteiger partial charge in [0.05, 0.1) is 12.9 Å². The Kier molecular flexibility index (Phi) is 7.01. The summed E-state index contributed by atoms with van der Waals surface area (Å²) in [6.07, 6.45) is 2.11. The molecule has 1 aromatic rings. The van der Waals surface area contributed by atoms with Crippen LogP contribution < -0.4 is 10.0 Å². The summed E-state index contributed by atoms with van der Waals surface area (Å²) < 4.78 is 5.40. The third-order valence-electron chi connectivity index (χ3n) is 3.12. The molecule has 2 atom stereocenters. The summed E-state index contributed by atoms with van der Waals surface area (Å²) in [4.78, 5) is 23.6. The molecule has 0 aromatic carbocycles. The number of carbonyl (C=O) groups is 2. The molecule has 1 aromatic heterocycles. The fourth-order valence-corrected chi connectivity index (χ4v) is 2.40. The lowest BCUT2D eigenvalue weighted by Crippen LogP contribution is -2.46. The number of methoxy groups -OCH3 is 1. The van der Waals surface area contributed by atoms with E-state index >= 15 is 0 Å². The summed E-state index contributed by atoms with van der Waals surface area (Å²) in [5.74, 6) is -0.718. The van der Waals surface area contributed by atoms with Gasteiger partial charge in [0.15, 0.2) is 6.20 Å². The van der Waals surface area contributed by atoms with Gasteiger partial charge in [0.2, 0.25) is 5.91 Å². The maximum absolute atomic E-state index is 11.9. The van der Waals surface area contributed by atoms with Crippen LogP contribution in [0.5, 0.6) is 0 Å². The molecule has 6 nitrogen and oxygen atoms in total. The van der Waals surface area contributed by atoms with Crippen molar-refractivity contribution >= 4 is 23.6 Å². The van der Waals surface area contributed by atoms with Crippen LogP contribution in [0, 0.1) is 11.1 Å². The van der Waals surface area contributed by atoms with Crippen LogP contribution in [0.2, 0.25) is 0 Å². The summed E-state index contributed by atoms with van der Waals surface area (Å²) in [5.41, 5.74) is 0. The van der Waals surface area contributed by atoms with Gasteiger partial charge in [-0.05, 0) is 23.7 Å². The van der Waals surface area contributed by atoms with Crippen LogP contribution in [0.15, 0.2) is 29.4 Å². The van der Waals surface area contributed by atoms with Gasteiger partial charge < -0.3 is 15.3 Å². The molecule has 0 spiro atoms. The van der Waals surface area contributed by atoms with Crippen molar-refractivity contribution in [2.45, 2.75) is 31.3 Å². The maximum atomic E-state index is 11.9. The second-order valence-corrected chi connectivity index (χ2v) is 5.60. The number of thioether (sulfide) groups is 1. The molecule has 1 amide bonds. The highest BCUT2D eigenvalue weighted by Gasteiger charge is 2.26. The van der Waals surface area contributed by atoms with Gasteiger partial charge in [-0.25, -0.2) is 4.79 Å². The average Bonchev–Trinajstić information content (AvgIpc) is 2.50. The van der Waals surface area contributed by atoms with Crippen LogP contribution in [-0.4, -0.2) is 30.8 Å². The van der Waals surface area contributed by atoms with Gasteiger partial charge in [-0.1, -0.05) is 20.3 Å². The molecule has 0 radical (unpaired) electrons. The van der Waals surface area contributed by atoms with Gasteiger partial charge in [0, 0.05) is 12.1 Å². The summed E-state index contributed by atoms with van der Waals surface area (Å²) in [6, 6.07) is 4.32. The van der Waals surface area contributed by atoms with E-state index in [9.17, 15) is 14.8 Å². The Labute approximate surface area is 128 Å². The lowest BCUT2D eigenvalue weighted by molar-refractivity contribution is -0.645. The van der Waals surface area contributed by atoms with Gasteiger partial charge >= 0.3 is 5.97 Å². The first-order valence-electron chi connectivity index (χ1n) is 6.67. The third kappa shape index (κ3) is 5.26. The lowest BCUT2D eigenvalue weighted by atomic mass is 9.99. The van der Waals surface area contributed by atoms with E-state index < -0.39 is 12.0 Å². The molecule has 0 bridgehead atoms. The standard InChI is InChI=1S/C14H20N2O4S/c1-4-10(2)13(14(18)20-3)15-11(17)9-21-12-7-5-6-8-16(12)19/h5-8,10,13H,4,9H2,1-3H3,(H,15,17)/t10-,13-/m0/s1. The summed E-state index contributed by atoms with van der Waals surface area (Å²) in [7, 11) is 1.29. The average molecular weight is 312 g/mol. The highest BCUT2D eigenvalue weighted by atomic mass is 32.2. The zero-order chi connectivity index (χ0) is 15.8. The molecule has 0 aliphatic carbocycles. The van der Waals surface area contributed by atoms with Crippen molar-refractivity contribution in [1.82, 2.24) is 5.32 Å². The molecule has 0 saturated heterocycles. The van der Waals surface area contributed by atoms with E-state index in [1.807, 2.05) is 13.8 Å². The number of amides is 1. The second kappa shape index (κ2) is 8.51. The van der Waals surface area contributed by atoms with Crippen LogP contribution >= 0.6 is 11.8 Å². The minimum atomic E-state index is -0.664. The molecule has 0 fully saturated rings. The SMILES string of the molecule is CC[C@H](C)[C@H](NC(=O)CSc1cccc[n+]1[O-])C(=O)OC. The normalized spacial score (nSPS) is 13.3. The predicted octanol–water partition coefficient (Wildman–Crippen LogP) is 1.12. The van der Waals surface area contributed by atoms with Gasteiger partial charge in [0.1, 0.15) is 6.04 Å². The Balaban J connectivity index is 2.58. The molecular formula is C14H20N2O4S. The predicted molar refractivity (Wildman–Crippen MR) is 79.5 cm³/mol. The summed E-state index contributed by atoms with van der Waals surface area (Å²) in [5, 5.41) is 14.6. The highest BCUT2D eigenvalue weighted by Crippen LogP contribution is 2.13. The molecule has 0 unspecified atom stereocenters. The molecule has 0 aliphatic heterocycles. The van der Waals surface area contributed by atoms with Crippen molar-refractivity contribution in [1.29, 1.82) is 0 Å². The lowest BCUT2D eigenvalue weighted by Gasteiger charge is -2.21. The van der Waals surface area contributed by atoms with Gasteiger partial charge in [-0.3, -0.25) is 4.79 Å². The number of hydrogen-bond donors (Lipinski definition) is 1. The van der Waals surface area contributed by atoms with Crippen molar-refractivity contribution < 1.29 is 19.1 Å². The Morgan fingerprint density at radius 3 is 2.76 bits per heavy atom. The molecular weight excluding hydrogens is 292 g/mol. The van der Waals surface area contributed by atoms with Gasteiger partial charge in [-0.15, -0.1) is 0 Å². The number of esters is 1. The van der Waals surface area contributed by atoms with Crippen molar-refractivity contribution in [2.24, 2.45) is 5.92 Å². The number of nitrogens with one attached hydrogen (secondary N) is 1. The smallest absolute Gasteiger partial charge is 0.328 e. The molecule has 1 heterocycles. The molecule has 1 rings (SSSR count). The van der Waals surface area contributed by atoms with E-state index in [1.165, 1.54) is 13.3 Å². The molecule has 116 valence electrons. The van der Waals surface area contributed by atoms with Crippen LogP contribution in [-0.2, 0) is 14.3 Å². The number of hydrogen-bond acceptors (Lipinski definition) is 5. The van der Waals surface area contributed by atoms with E-state index in [0.717, 1.165) is 18.2 Å². The Hall–Kier alpha value is -1.76. The first-order chi connectivity index (χ1) is 9.99. The number of aromatic nitrogens is 1. The monoisotopic (exact) mass is 312 g/mol. The van der Waals surface area contributed by atoms with Crippen molar-refractivity contribution in [3.8, 4) is 0 Å². The van der Waals surface area contributed by atoms with E-state index in [-0.39, 0.29) is 17.6 Å². The third-order valence-corrected chi connectivity index (χ3v) is 4.14. The maximum Gasteiger partial charge on any atom is 0.328 e. The molecule has 21 heavy (non-hydrogen) atoms. The topological polar surface area (TPSA) is 82.3 Å². The number of pyridine rings is 1. The first kappa shape index (κ1) is 17.3. The largest absolute Gasteiger partial charge is 0.618 e. The van der Waals surface area contributed by atoms with E-state index in [0.29, 0.717) is 9.76 Å². The number of ether oxygens (including phenoxy) is 1. The van der Waals surface area contributed by atoms with E-state index in [4.69, 9.17) is 4.74 Å². The summed E-state index contributed by atoms with van der Waals surface area (Å²) >= 11 is 1.12. The molecule has 7 heteroatoms. The van der Waals surface area contributed by atoms with Crippen LogP contribution in [0.4, 0.5) is 0 Å². The van der Waals surface area contributed by atoms with Gasteiger partial charge in [-0.2, -0.15) is 4.73 Å². The highest BCUT2D eigenvalue weighted by molar-refractivity contribution is 7.99. The first-order valence-corrected chi connectivity index (χ1v) is 7.66. The molecule has 0 aliphatic rings. The van der Waals surface area contributed by atoms with Crippen LogP contribution in [0.3, 0.4) is 0 Å². The number of rotatable bonds is 7. The quantitative estimate of drug-likeness (QED) is 0.353. The fourth-order valence-electron chi connectivity index (χ4n) is 1.68. The Morgan fingerprint density at radius 1 is 1.48 bits per heavy atom. The van der Waals surface area contributed by atoms with E-state index in [2.05, 4.69) is 5.32 Å². The van der Waals surface area contributed by atoms with E-state index in [1.54, 1.807) is 18.2 Å². The van der Waals surface area contributed by atoms with Crippen molar-refractivity contribution in [2.75, 3.05) is 12.9 Å². The zero-order valence-corrected chi connectivity index (χ0v) is 13.2.